The predicted molar refractivity (Wildman–Crippen MR) is 439 cm³/mol. The molecule has 5 N–H and O–H groups in total. The summed E-state index contributed by atoms with van der Waals surface area (Å²) in [4.78, 5) is 86.6. The Bertz CT molecular complexity index is 5250. The summed E-state index contributed by atoms with van der Waals surface area (Å²) in [5.74, 6) is -3.02. The second-order valence-corrected chi connectivity index (χ2v) is 23.3. The third kappa shape index (κ3) is 34.7. The van der Waals surface area contributed by atoms with E-state index in [0.717, 1.165) is 55.5 Å². The molecule has 0 fully saturated rings. The van der Waals surface area contributed by atoms with E-state index in [0.29, 0.717) is 33.4 Å². The number of H-pyrrole nitrogens is 2. The number of ketones is 3. The number of nitrogens with zero attached hydrogens (tertiary/aromatic N) is 6. The summed E-state index contributed by atoms with van der Waals surface area (Å²) >= 11 is 0. The molecule has 116 heavy (non-hydrogen) atoms. The van der Waals surface area contributed by atoms with Crippen molar-refractivity contribution in [2.24, 2.45) is 0 Å². The molecule has 0 aliphatic rings. The maximum Gasteiger partial charge on any atom is 2.00 e. The van der Waals surface area contributed by atoms with Crippen LogP contribution in [0.4, 0.5) is 0 Å². The van der Waals surface area contributed by atoms with E-state index in [1.54, 1.807) is 165 Å². The van der Waals surface area contributed by atoms with E-state index in [-0.39, 0.29) is 275 Å². The van der Waals surface area contributed by atoms with Gasteiger partial charge in [-0.1, -0.05) is 243 Å². The molecule has 1 radical (unpaired) electrons. The number of benzene rings is 8. The number of carbonyl (C=O) groups excluding carboxylic acids is 5. The van der Waals surface area contributed by atoms with Gasteiger partial charge in [-0.05, 0) is 78.9 Å². The minimum atomic E-state index is -1.19. The van der Waals surface area contributed by atoms with Crippen molar-refractivity contribution in [3.63, 3.8) is 0 Å². The Morgan fingerprint density at radius 3 is 0.836 bits per heavy atom. The largest absolute Gasteiger partial charge is 2.00 e. The van der Waals surface area contributed by atoms with Gasteiger partial charge < -0.3 is 35.1 Å². The van der Waals surface area contributed by atoms with Crippen LogP contribution in [0, 0.1) is 131 Å². The van der Waals surface area contributed by atoms with Gasteiger partial charge in [0.1, 0.15) is 29.2 Å². The Labute approximate surface area is 858 Å². The number of allylic oxidation sites excluding steroid dienone is 3. The number of carboxylic acid groups (broad SMARTS) is 2. The molecular formula is C93H72Ba2CeEuGdN8O10+4. The van der Waals surface area contributed by atoms with Crippen LogP contribution in [0.3, 0.4) is 0 Å². The average molecular weight is 2190 g/mol. The molecule has 0 aliphatic heterocycles. The van der Waals surface area contributed by atoms with Gasteiger partial charge in [-0.25, -0.2) is 9.97 Å². The van der Waals surface area contributed by atoms with E-state index in [1.807, 2.05) is 182 Å². The van der Waals surface area contributed by atoms with Gasteiger partial charge in [0.15, 0.2) is 23.5 Å². The topological polar surface area (TPSA) is 298 Å². The molecule has 0 aliphatic carbocycles. The molecule has 0 spiro atoms. The molecule has 8 aromatic heterocycles. The molecule has 18 nitrogen and oxygen atoms in total. The molecule has 0 amide bonds. The molecule has 0 saturated carbocycles. The summed E-state index contributed by atoms with van der Waals surface area (Å²) in [5.41, 5.74) is 10.2. The number of hydrogen-bond acceptors (Lipinski definition) is 16. The number of pyridine rings is 8. The molecule has 0 saturated heterocycles. The van der Waals surface area contributed by atoms with E-state index >= 15 is 0 Å². The number of aromatic amines is 2. The zero-order valence-electron chi connectivity index (χ0n) is 62.2. The van der Waals surface area contributed by atoms with Gasteiger partial charge in [0, 0.05) is 260 Å². The molecule has 0 atom stereocenters. The number of aromatic nitrogens is 8. The number of fused-ring (bicyclic) bond motifs is 4. The molecular weight excluding hydrogens is 2110 g/mol. The first-order valence-corrected chi connectivity index (χ1v) is 34.5. The number of aliphatic hydroxyl groups excluding tert-OH is 3. The number of hydrogen-bond donors (Lipinski definition) is 3. The number of para-hydroxylation sites is 1. The summed E-state index contributed by atoms with van der Waals surface area (Å²) in [7, 11) is 0. The third-order valence-corrected chi connectivity index (χ3v) is 15.5. The van der Waals surface area contributed by atoms with Crippen molar-refractivity contribution in [3.05, 3.63) is 452 Å². The average Bonchev–Trinajstić information content (AvgIpc) is 0.797. The molecule has 0 unspecified atom stereocenters. The van der Waals surface area contributed by atoms with Crippen LogP contribution in [0.2, 0.25) is 0 Å². The zero-order chi connectivity index (χ0) is 78.0. The number of aromatic carboxylic acids is 2. The molecule has 16 aromatic rings. The van der Waals surface area contributed by atoms with Crippen molar-refractivity contribution < 1.29 is 191 Å². The van der Waals surface area contributed by atoms with E-state index in [1.165, 1.54) is 36.6 Å². The quantitative estimate of drug-likeness (QED) is 0.0318. The van der Waals surface area contributed by atoms with Crippen LogP contribution >= 0.6 is 0 Å². The van der Waals surface area contributed by atoms with Crippen LogP contribution in [-0.2, 0) is 0 Å². The summed E-state index contributed by atoms with van der Waals surface area (Å²) < 4.78 is 0. The Morgan fingerprint density at radius 2 is 0.552 bits per heavy atom. The summed E-state index contributed by atoms with van der Waals surface area (Å²) in [6.07, 6.45) is 15.9. The van der Waals surface area contributed by atoms with Crippen molar-refractivity contribution in [1.29, 1.82) is 0 Å². The van der Waals surface area contributed by atoms with Crippen LogP contribution in [0.25, 0.3) is 72.8 Å². The van der Waals surface area contributed by atoms with Crippen molar-refractivity contribution >= 4 is 177 Å². The predicted octanol–water partition coefficient (Wildman–Crippen LogP) is 15.6. The minimum Gasteiger partial charge on any atom is -0.539 e. The summed E-state index contributed by atoms with van der Waals surface area (Å²) in [6.45, 7) is 0. The van der Waals surface area contributed by atoms with Gasteiger partial charge in [0.05, 0.1) is 33.8 Å². The van der Waals surface area contributed by atoms with Gasteiger partial charge in [0.2, 0.25) is 16.9 Å². The smallest absolute Gasteiger partial charge is 0.539 e. The van der Waals surface area contributed by atoms with Crippen LogP contribution in [0.15, 0.2) is 407 Å². The van der Waals surface area contributed by atoms with Gasteiger partial charge in [-0.15, -0.1) is 0 Å². The first-order valence-electron chi connectivity index (χ1n) is 34.5. The first-order chi connectivity index (χ1) is 54.3. The Balaban J connectivity index is 0.000000279. The second-order valence-electron chi connectivity index (χ2n) is 23.3. The molecule has 563 valence electrons. The maximum absolute atomic E-state index is 11.8. The first kappa shape index (κ1) is 100. The fraction of sp³-hybridized carbons (Fsp3) is 0. The monoisotopic (exact) mass is 2190 g/mol. The van der Waals surface area contributed by atoms with Gasteiger partial charge in [-0.2, -0.15) is 0 Å². The molecule has 8 aromatic carbocycles. The van der Waals surface area contributed by atoms with Gasteiger partial charge >= 0.3 is 97.8 Å². The van der Waals surface area contributed by atoms with Crippen molar-refractivity contribution in [1.82, 2.24) is 29.9 Å². The summed E-state index contributed by atoms with van der Waals surface area (Å²) in [6, 6.07) is 104. The molecule has 16 rings (SSSR count). The fourth-order valence-electron chi connectivity index (χ4n) is 10.00. The van der Waals surface area contributed by atoms with E-state index in [9.17, 15) is 49.5 Å². The van der Waals surface area contributed by atoms with Crippen molar-refractivity contribution in [3.8, 4) is 22.8 Å². The number of aliphatic hydroxyl groups is 3. The normalized spacial score (nSPS) is 10.1. The van der Waals surface area contributed by atoms with Crippen molar-refractivity contribution in [2.75, 3.05) is 0 Å². The van der Waals surface area contributed by atoms with E-state index in [4.69, 9.17) is 0 Å². The van der Waals surface area contributed by atoms with Gasteiger partial charge in [-0.3, -0.25) is 44.3 Å². The van der Waals surface area contributed by atoms with Crippen LogP contribution in [-0.4, -0.2) is 172 Å². The third-order valence-electron chi connectivity index (χ3n) is 15.5. The molecule has 8 heterocycles. The van der Waals surface area contributed by atoms with Crippen LogP contribution < -0.4 is 20.2 Å². The maximum atomic E-state index is 11.8. The van der Waals surface area contributed by atoms with E-state index < -0.39 is 11.9 Å². The number of rotatable bonds is 13. The second kappa shape index (κ2) is 57.0. The fourth-order valence-corrected chi connectivity index (χ4v) is 10.00. The Morgan fingerprint density at radius 1 is 0.284 bits per heavy atom. The molecule has 0 bridgehead atoms. The summed E-state index contributed by atoms with van der Waals surface area (Å²) in [5, 5.41) is 53.2. The number of nitrogens with one attached hydrogen (secondary N) is 2. The van der Waals surface area contributed by atoms with E-state index in [2.05, 4.69) is 64.1 Å². The standard InChI is InChI=1S/3C15H12O2.C12H8N2.2C10H8N2.C10H7NO2.C6H5NO2.2Ba.Ce.Eu.Gd/c3*16-14(12-7-3-1-4-8-12)11-15(17)13-9-5-2-6-10-13;1-3-9-5-6-10-4-2-8-14-12(10)11(9)13-7-1;2*1-3-7-11-9(5-1)10-6-2-4-8-12-10;12-10(13)9-6-5-7-3-1-2-4-8(7)11-9;8-6(9)5-3-1-2-4-7-5;;;;;/h3*1-11,16H;1-8H;2*1-8H;1-6H,(H,12,13);1-4H,(H,8,9);;;;;/q;;;;;;;;2*+2;;;. The number of carboxylic acids is 2. The SMILES string of the molecule is O=C(C=C(O)c1ccccc1)c1ccccc1.O=C(C=C(O)c1ccccc1)c1ccccc1.O=C(C=C(O)c1ccccc1)c1ccccc1.O=C([O-])c1ccc2ccccc2[nH+]1.O=C([O-])c1cccc[nH+]1.[Ba+2].[Ba+2].[Ce].[Eu].[Gd].c1ccc(-c2ccccn2)nc1.c1ccc(-c2ccccn2)nc1.c1cnc2c(c1)ccc1cccnc12. The Kier molecular flexibility index (Phi) is 49.2. The zero-order valence-corrected chi connectivity index (χ0v) is 78.9. The van der Waals surface area contributed by atoms with Gasteiger partial charge in [0.25, 0.3) is 0 Å². The molecule has 23 heteroatoms. The van der Waals surface area contributed by atoms with Crippen LogP contribution in [0.1, 0.15) is 68.7 Å². The minimum absolute atomic E-state index is 0. The number of carbonyl (C=O) groups is 5. The van der Waals surface area contributed by atoms with Crippen molar-refractivity contribution in [2.45, 2.75) is 0 Å². The Hall–Kier alpha value is -8.26. The van der Waals surface area contributed by atoms with Crippen LogP contribution in [0.5, 0.6) is 0 Å².